The summed E-state index contributed by atoms with van der Waals surface area (Å²) in [6, 6.07) is 6.10. The lowest BCUT2D eigenvalue weighted by molar-refractivity contribution is 0.0939. The molecule has 3 radical (unpaired) electrons. The van der Waals surface area contributed by atoms with Gasteiger partial charge in [-0.2, -0.15) is 0 Å². The van der Waals surface area contributed by atoms with E-state index in [1.807, 2.05) is 26.0 Å². The van der Waals surface area contributed by atoms with Crippen LogP contribution in [-0.2, 0) is 6.42 Å². The van der Waals surface area contributed by atoms with Gasteiger partial charge in [0.15, 0.2) is 5.78 Å². The Morgan fingerprint density at radius 2 is 1.76 bits per heavy atom. The summed E-state index contributed by atoms with van der Waals surface area (Å²) in [4.78, 5) is 11.8. The number of aryl methyl sites for hydroxylation is 1. The Kier molecular flexibility index (Phi) is 6.22. The molecule has 0 bridgehead atoms. The van der Waals surface area contributed by atoms with E-state index in [0.717, 1.165) is 12.0 Å². The molecule has 1 nitrogen and oxygen atoms in total. The maximum atomic E-state index is 11.8. The lowest BCUT2D eigenvalue weighted by atomic mass is 9.94. The average molecular weight is 229 g/mol. The molecule has 0 saturated heterocycles. The fourth-order valence-corrected chi connectivity index (χ4v) is 1.85. The van der Waals surface area contributed by atoms with Crippen molar-refractivity contribution in [2.24, 2.45) is 11.8 Å². The minimum absolute atomic E-state index is 0. The molecule has 0 unspecified atom stereocenters. The SMILES string of the molecule is Cc1cc(C(=O)C(C)C)ccc1CC(C)C.[B]. The molecule has 2 heteroatoms. The molecule has 0 amide bonds. The first kappa shape index (κ1) is 16.0. The topological polar surface area (TPSA) is 17.1 Å². The number of benzene rings is 1. The molecule has 0 N–H and O–H groups in total. The lowest BCUT2D eigenvalue weighted by Gasteiger charge is -2.11. The zero-order valence-corrected chi connectivity index (χ0v) is 11.6. The van der Waals surface area contributed by atoms with Crippen LogP contribution in [0.1, 0.15) is 49.2 Å². The average Bonchev–Trinajstić information content (AvgIpc) is 2.19. The molecule has 17 heavy (non-hydrogen) atoms. The Hall–Kier alpha value is -1.05. The van der Waals surface area contributed by atoms with Crippen LogP contribution in [-0.4, -0.2) is 14.2 Å². The van der Waals surface area contributed by atoms with Gasteiger partial charge in [-0.15, -0.1) is 0 Å². The summed E-state index contributed by atoms with van der Waals surface area (Å²) in [5, 5.41) is 0. The van der Waals surface area contributed by atoms with Gasteiger partial charge in [-0.1, -0.05) is 39.8 Å². The quantitative estimate of drug-likeness (QED) is 0.568. The van der Waals surface area contributed by atoms with Crippen LogP contribution in [0.5, 0.6) is 0 Å². The van der Waals surface area contributed by atoms with Crippen LogP contribution in [0.4, 0.5) is 0 Å². The van der Waals surface area contributed by atoms with Gasteiger partial charge < -0.3 is 0 Å². The summed E-state index contributed by atoms with van der Waals surface area (Å²) in [5.74, 6) is 0.972. The molecule has 0 aromatic heterocycles. The van der Waals surface area contributed by atoms with Crippen molar-refractivity contribution in [1.29, 1.82) is 0 Å². The molecule has 1 aromatic rings. The van der Waals surface area contributed by atoms with E-state index in [-0.39, 0.29) is 20.1 Å². The van der Waals surface area contributed by atoms with Gasteiger partial charge in [0.1, 0.15) is 0 Å². The van der Waals surface area contributed by atoms with Gasteiger partial charge in [-0.05, 0) is 36.5 Å². The van der Waals surface area contributed by atoms with Gasteiger partial charge in [-0.3, -0.25) is 4.79 Å². The largest absolute Gasteiger partial charge is 0.294 e. The first-order valence-electron chi connectivity index (χ1n) is 6.05. The van der Waals surface area contributed by atoms with E-state index in [0.29, 0.717) is 5.92 Å². The van der Waals surface area contributed by atoms with Crippen LogP contribution >= 0.6 is 0 Å². The number of hydrogen-bond acceptors (Lipinski definition) is 1. The molecule has 0 fully saturated rings. The summed E-state index contributed by atoms with van der Waals surface area (Å²) in [6.07, 6.45) is 1.09. The third-order valence-electron chi connectivity index (χ3n) is 2.78. The van der Waals surface area contributed by atoms with Crippen molar-refractivity contribution in [2.75, 3.05) is 0 Å². The van der Waals surface area contributed by atoms with Crippen molar-refractivity contribution in [3.05, 3.63) is 34.9 Å². The first-order valence-corrected chi connectivity index (χ1v) is 6.05. The Morgan fingerprint density at radius 3 is 2.18 bits per heavy atom. The summed E-state index contributed by atoms with van der Waals surface area (Å²) < 4.78 is 0. The van der Waals surface area contributed by atoms with Crippen molar-refractivity contribution in [2.45, 2.75) is 41.0 Å². The van der Waals surface area contributed by atoms with E-state index in [4.69, 9.17) is 0 Å². The molecule has 1 rings (SSSR count). The van der Waals surface area contributed by atoms with E-state index in [1.54, 1.807) is 0 Å². The second kappa shape index (κ2) is 6.63. The molecule has 91 valence electrons. The van der Waals surface area contributed by atoms with Gasteiger partial charge in [0.05, 0.1) is 0 Å². The van der Waals surface area contributed by atoms with Crippen LogP contribution in [0, 0.1) is 18.8 Å². The third-order valence-corrected chi connectivity index (χ3v) is 2.78. The first-order chi connectivity index (χ1) is 7.41. The van der Waals surface area contributed by atoms with Gasteiger partial charge in [-0.25, -0.2) is 0 Å². The van der Waals surface area contributed by atoms with E-state index in [2.05, 4.69) is 26.8 Å². The predicted molar refractivity (Wildman–Crippen MR) is 74.6 cm³/mol. The van der Waals surface area contributed by atoms with Crippen molar-refractivity contribution in [3.63, 3.8) is 0 Å². The summed E-state index contributed by atoms with van der Waals surface area (Å²) >= 11 is 0. The molecule has 1 aromatic carbocycles. The summed E-state index contributed by atoms with van der Waals surface area (Å²) in [7, 11) is 0. The van der Waals surface area contributed by atoms with Gasteiger partial charge in [0, 0.05) is 19.9 Å². The highest BCUT2D eigenvalue weighted by molar-refractivity contribution is 5.97. The second-order valence-electron chi connectivity index (χ2n) is 5.26. The highest BCUT2D eigenvalue weighted by atomic mass is 16.1. The van der Waals surface area contributed by atoms with Gasteiger partial charge >= 0.3 is 0 Å². The number of carbonyl (C=O) groups excluding carboxylic acids is 1. The van der Waals surface area contributed by atoms with Crippen LogP contribution in [0.15, 0.2) is 18.2 Å². The number of rotatable bonds is 4. The standard InChI is InChI=1S/C15H22O.B/c1-10(2)8-13-6-7-14(9-12(13)5)15(16)11(3)4;/h6-7,9-11H,8H2,1-5H3;. The second-order valence-corrected chi connectivity index (χ2v) is 5.26. The Bertz CT molecular complexity index is 381. The maximum Gasteiger partial charge on any atom is 0.165 e. The normalized spacial score (nSPS) is 10.5. The summed E-state index contributed by atoms with van der Waals surface area (Å²) in [6.45, 7) is 10.4. The van der Waals surface area contributed by atoms with E-state index in [9.17, 15) is 4.79 Å². The molecule has 0 aliphatic carbocycles. The molecule has 0 atom stereocenters. The molecule has 0 saturated carbocycles. The van der Waals surface area contributed by atoms with Crippen LogP contribution in [0.2, 0.25) is 0 Å². The van der Waals surface area contributed by atoms with E-state index < -0.39 is 0 Å². The smallest absolute Gasteiger partial charge is 0.165 e. The van der Waals surface area contributed by atoms with Crippen LogP contribution < -0.4 is 0 Å². The summed E-state index contributed by atoms with van der Waals surface area (Å²) in [5.41, 5.74) is 3.44. The fourth-order valence-electron chi connectivity index (χ4n) is 1.85. The molecule has 0 aliphatic heterocycles. The number of ketones is 1. The van der Waals surface area contributed by atoms with E-state index >= 15 is 0 Å². The minimum Gasteiger partial charge on any atom is -0.294 e. The number of hydrogen-bond donors (Lipinski definition) is 0. The molecule has 0 heterocycles. The van der Waals surface area contributed by atoms with E-state index in [1.165, 1.54) is 11.1 Å². The highest BCUT2D eigenvalue weighted by Crippen LogP contribution is 2.17. The van der Waals surface area contributed by atoms with Crippen molar-refractivity contribution in [3.8, 4) is 0 Å². The molecule has 0 spiro atoms. The lowest BCUT2D eigenvalue weighted by Crippen LogP contribution is -2.08. The maximum absolute atomic E-state index is 11.8. The molecule has 0 aliphatic rings. The van der Waals surface area contributed by atoms with Crippen molar-refractivity contribution >= 4 is 14.2 Å². The number of Topliss-reactive ketones (excluding diaryl/α,β-unsaturated/α-hetero) is 1. The van der Waals surface area contributed by atoms with Crippen molar-refractivity contribution < 1.29 is 4.79 Å². The van der Waals surface area contributed by atoms with Crippen LogP contribution in [0.25, 0.3) is 0 Å². The highest BCUT2D eigenvalue weighted by Gasteiger charge is 2.11. The Balaban J connectivity index is 0.00000256. The monoisotopic (exact) mass is 229 g/mol. The Labute approximate surface area is 107 Å². The minimum atomic E-state index is 0. The van der Waals surface area contributed by atoms with Gasteiger partial charge in [0.2, 0.25) is 0 Å². The van der Waals surface area contributed by atoms with Gasteiger partial charge in [0.25, 0.3) is 0 Å². The van der Waals surface area contributed by atoms with Crippen molar-refractivity contribution in [1.82, 2.24) is 0 Å². The number of carbonyl (C=O) groups is 1. The fraction of sp³-hybridized carbons (Fsp3) is 0.533. The predicted octanol–water partition coefficient (Wildman–Crippen LogP) is 3.65. The molecular weight excluding hydrogens is 207 g/mol. The zero-order valence-electron chi connectivity index (χ0n) is 11.6. The molecular formula is C15H22BO. The third kappa shape index (κ3) is 4.37. The Morgan fingerprint density at radius 1 is 1.18 bits per heavy atom. The van der Waals surface area contributed by atoms with Crippen LogP contribution in [0.3, 0.4) is 0 Å². The zero-order chi connectivity index (χ0) is 12.3.